The normalized spacial score (nSPS) is 12.8. The first-order chi connectivity index (χ1) is 12.2. The van der Waals surface area contributed by atoms with Gasteiger partial charge in [-0.1, -0.05) is 30.3 Å². The van der Waals surface area contributed by atoms with Crippen molar-refractivity contribution in [3.8, 4) is 5.75 Å². The van der Waals surface area contributed by atoms with E-state index in [2.05, 4.69) is 0 Å². The summed E-state index contributed by atoms with van der Waals surface area (Å²) < 4.78 is 28.4. The lowest BCUT2D eigenvalue weighted by molar-refractivity contribution is -0.126. The van der Waals surface area contributed by atoms with Gasteiger partial charge in [-0.2, -0.15) is 0 Å². The van der Waals surface area contributed by atoms with E-state index < -0.39 is 9.84 Å². The third kappa shape index (κ3) is 4.73. The Kier molecular flexibility index (Phi) is 6.21. The molecule has 0 bridgehead atoms. The van der Waals surface area contributed by atoms with E-state index in [1.165, 1.54) is 12.3 Å². The molecule has 0 aliphatic rings. The Bertz CT molecular complexity index is 902. The average Bonchev–Trinajstić information content (AvgIpc) is 2.64. The van der Waals surface area contributed by atoms with Crippen LogP contribution in [0.3, 0.4) is 0 Å². The molecule has 1 amide bonds. The fraction of sp³-hybridized carbons (Fsp3) is 0.250. The second kappa shape index (κ2) is 8.19. The van der Waals surface area contributed by atoms with Gasteiger partial charge in [0.05, 0.1) is 18.0 Å². The number of carbonyl (C=O) groups excluding carboxylic acids is 1. The Morgan fingerprint density at radius 1 is 1.12 bits per heavy atom. The van der Waals surface area contributed by atoms with E-state index >= 15 is 0 Å². The molecule has 0 saturated carbocycles. The standard InChI is InChI=1S/C20H23NO4S/c1-15(16-9-12-18(13-10-16)26(4,23)24)21(2)20(22)14-11-17-7-5-6-8-19(17)25-3/h5-15H,1-4H3/b14-11+. The number of rotatable bonds is 6. The summed E-state index contributed by atoms with van der Waals surface area (Å²) in [7, 11) is 0.0672. The quantitative estimate of drug-likeness (QED) is 0.729. The molecule has 0 aliphatic carbocycles. The summed E-state index contributed by atoms with van der Waals surface area (Å²) in [5.41, 5.74) is 1.68. The highest BCUT2D eigenvalue weighted by Gasteiger charge is 2.16. The van der Waals surface area contributed by atoms with Crippen molar-refractivity contribution in [2.45, 2.75) is 17.9 Å². The number of carbonyl (C=O) groups is 1. The fourth-order valence-electron chi connectivity index (χ4n) is 2.49. The second-order valence-corrected chi connectivity index (χ2v) is 8.06. The molecular formula is C20H23NO4S. The Labute approximate surface area is 154 Å². The lowest BCUT2D eigenvalue weighted by atomic mass is 10.1. The topological polar surface area (TPSA) is 63.7 Å². The van der Waals surface area contributed by atoms with E-state index in [1.54, 1.807) is 49.4 Å². The van der Waals surface area contributed by atoms with Crippen LogP contribution in [0.15, 0.2) is 59.5 Å². The van der Waals surface area contributed by atoms with Crippen LogP contribution in [-0.4, -0.2) is 39.6 Å². The van der Waals surface area contributed by atoms with Gasteiger partial charge in [0.15, 0.2) is 9.84 Å². The molecular weight excluding hydrogens is 350 g/mol. The molecule has 0 aromatic heterocycles. The van der Waals surface area contributed by atoms with Gasteiger partial charge in [0.2, 0.25) is 5.91 Å². The van der Waals surface area contributed by atoms with Crippen LogP contribution < -0.4 is 4.74 Å². The van der Waals surface area contributed by atoms with Crippen LogP contribution >= 0.6 is 0 Å². The van der Waals surface area contributed by atoms with E-state index in [9.17, 15) is 13.2 Å². The minimum absolute atomic E-state index is 0.157. The third-order valence-corrected chi connectivity index (χ3v) is 5.39. The van der Waals surface area contributed by atoms with E-state index in [-0.39, 0.29) is 16.8 Å². The van der Waals surface area contributed by atoms with Gasteiger partial charge in [0.25, 0.3) is 0 Å². The van der Waals surface area contributed by atoms with Gasteiger partial charge in [-0.05, 0) is 36.8 Å². The van der Waals surface area contributed by atoms with Gasteiger partial charge < -0.3 is 9.64 Å². The van der Waals surface area contributed by atoms with Crippen molar-refractivity contribution in [3.05, 3.63) is 65.7 Å². The first-order valence-electron chi connectivity index (χ1n) is 8.12. The smallest absolute Gasteiger partial charge is 0.246 e. The summed E-state index contributed by atoms with van der Waals surface area (Å²) in [5.74, 6) is 0.541. The van der Waals surface area contributed by atoms with Crippen molar-refractivity contribution in [2.75, 3.05) is 20.4 Å². The molecule has 1 unspecified atom stereocenters. The molecule has 0 aliphatic heterocycles. The molecule has 0 radical (unpaired) electrons. The van der Waals surface area contributed by atoms with Crippen LogP contribution in [0.4, 0.5) is 0 Å². The predicted molar refractivity (Wildman–Crippen MR) is 103 cm³/mol. The van der Waals surface area contributed by atoms with E-state index in [4.69, 9.17) is 4.74 Å². The molecule has 26 heavy (non-hydrogen) atoms. The highest BCUT2D eigenvalue weighted by Crippen LogP contribution is 2.22. The molecule has 2 aromatic carbocycles. The highest BCUT2D eigenvalue weighted by molar-refractivity contribution is 7.90. The molecule has 1 atom stereocenters. The van der Waals surface area contributed by atoms with Gasteiger partial charge in [-0.25, -0.2) is 8.42 Å². The summed E-state index contributed by atoms with van der Waals surface area (Å²) in [5, 5.41) is 0. The molecule has 5 nitrogen and oxygen atoms in total. The number of sulfone groups is 1. The highest BCUT2D eigenvalue weighted by atomic mass is 32.2. The van der Waals surface area contributed by atoms with Gasteiger partial charge in [-0.3, -0.25) is 4.79 Å². The monoisotopic (exact) mass is 373 g/mol. The predicted octanol–water partition coefficient (Wildman–Crippen LogP) is 3.33. The zero-order valence-electron chi connectivity index (χ0n) is 15.3. The zero-order valence-corrected chi connectivity index (χ0v) is 16.2. The Morgan fingerprint density at radius 2 is 1.73 bits per heavy atom. The molecule has 6 heteroatoms. The number of nitrogens with zero attached hydrogens (tertiary/aromatic N) is 1. The average molecular weight is 373 g/mol. The number of ether oxygens (including phenoxy) is 1. The lowest BCUT2D eigenvalue weighted by Gasteiger charge is -2.24. The molecule has 138 valence electrons. The van der Waals surface area contributed by atoms with Crippen molar-refractivity contribution in [1.82, 2.24) is 4.90 Å². The SMILES string of the molecule is COc1ccccc1/C=C/C(=O)N(C)C(C)c1ccc(S(C)(=O)=O)cc1. The molecule has 0 N–H and O–H groups in total. The van der Waals surface area contributed by atoms with E-state index in [0.29, 0.717) is 5.75 Å². The number of amides is 1. The third-order valence-electron chi connectivity index (χ3n) is 4.26. The maximum atomic E-state index is 12.5. The summed E-state index contributed by atoms with van der Waals surface area (Å²) in [4.78, 5) is 14.3. The Morgan fingerprint density at radius 3 is 2.31 bits per heavy atom. The minimum atomic E-state index is -3.23. The number of benzene rings is 2. The Hall–Kier alpha value is -2.60. The molecule has 2 rings (SSSR count). The summed E-state index contributed by atoms with van der Waals surface area (Å²) >= 11 is 0. The zero-order chi connectivity index (χ0) is 19.3. The number of hydrogen-bond donors (Lipinski definition) is 0. The maximum Gasteiger partial charge on any atom is 0.246 e. The maximum absolute atomic E-state index is 12.5. The second-order valence-electron chi connectivity index (χ2n) is 6.04. The van der Waals surface area contributed by atoms with Crippen molar-refractivity contribution in [1.29, 1.82) is 0 Å². The molecule has 0 fully saturated rings. The van der Waals surface area contributed by atoms with Crippen LogP contribution in [0.1, 0.15) is 24.1 Å². The molecule has 2 aromatic rings. The summed E-state index contributed by atoms with van der Waals surface area (Å²) in [6, 6.07) is 13.8. The van der Waals surface area contributed by atoms with Crippen LogP contribution in [0.25, 0.3) is 6.08 Å². The number of hydrogen-bond acceptors (Lipinski definition) is 4. The first kappa shape index (κ1) is 19.7. The van der Waals surface area contributed by atoms with Crippen molar-refractivity contribution in [3.63, 3.8) is 0 Å². The number of methoxy groups -OCH3 is 1. The van der Waals surface area contributed by atoms with Gasteiger partial charge in [0.1, 0.15) is 5.75 Å². The molecule has 0 heterocycles. The van der Waals surface area contributed by atoms with Crippen molar-refractivity contribution in [2.24, 2.45) is 0 Å². The van der Waals surface area contributed by atoms with Crippen LogP contribution in [0.2, 0.25) is 0 Å². The van der Waals surface area contributed by atoms with Crippen molar-refractivity contribution >= 4 is 21.8 Å². The number of likely N-dealkylation sites (N-methyl/N-ethyl adjacent to an activating group) is 1. The summed E-state index contributed by atoms with van der Waals surface area (Å²) in [6.07, 6.45) is 4.39. The van der Waals surface area contributed by atoms with Crippen LogP contribution in [0.5, 0.6) is 5.75 Å². The van der Waals surface area contributed by atoms with Crippen LogP contribution in [0, 0.1) is 0 Å². The minimum Gasteiger partial charge on any atom is -0.496 e. The fourth-order valence-corrected chi connectivity index (χ4v) is 3.12. The van der Waals surface area contributed by atoms with Crippen molar-refractivity contribution < 1.29 is 17.9 Å². The first-order valence-corrected chi connectivity index (χ1v) is 10.0. The molecule has 0 spiro atoms. The number of para-hydroxylation sites is 1. The van der Waals surface area contributed by atoms with Crippen LogP contribution in [-0.2, 0) is 14.6 Å². The van der Waals surface area contributed by atoms with Gasteiger partial charge in [-0.15, -0.1) is 0 Å². The molecule has 0 saturated heterocycles. The van der Waals surface area contributed by atoms with E-state index in [1.807, 2.05) is 31.2 Å². The summed E-state index contributed by atoms with van der Waals surface area (Å²) in [6.45, 7) is 1.89. The van der Waals surface area contributed by atoms with Gasteiger partial charge >= 0.3 is 0 Å². The van der Waals surface area contributed by atoms with Gasteiger partial charge in [0, 0.05) is 24.9 Å². The lowest BCUT2D eigenvalue weighted by Crippen LogP contribution is -2.28. The Balaban J connectivity index is 2.13. The largest absolute Gasteiger partial charge is 0.496 e. The van der Waals surface area contributed by atoms with E-state index in [0.717, 1.165) is 11.1 Å².